The lowest BCUT2D eigenvalue weighted by Gasteiger charge is -2.20. The van der Waals surface area contributed by atoms with Gasteiger partial charge in [-0.1, -0.05) is 319 Å². The first-order valence-corrected chi connectivity index (χ1v) is 38.0. The van der Waals surface area contributed by atoms with E-state index >= 15 is 0 Å². The van der Waals surface area contributed by atoms with Gasteiger partial charge in [0, 0.05) is 37.4 Å². The number of fused-ring (bicyclic) bond motifs is 14. The van der Waals surface area contributed by atoms with Gasteiger partial charge in [0.05, 0.1) is 33.7 Å². The number of para-hydroxylation sites is 2. The van der Waals surface area contributed by atoms with Crippen molar-refractivity contribution in [2.24, 2.45) is 0 Å². The Balaban J connectivity index is 0.000000139. The molecule has 0 saturated carbocycles. The maximum absolute atomic E-state index is 9.79. The summed E-state index contributed by atoms with van der Waals surface area (Å²) in [6.45, 7) is 0. The molecule has 0 aliphatic heterocycles. The Kier molecular flexibility index (Phi) is 15.1. The normalized spacial score (nSPS) is 11.7. The quantitative estimate of drug-likeness (QED) is 0.140. The summed E-state index contributed by atoms with van der Waals surface area (Å²) in [7, 11) is 0. The molecule has 0 N–H and O–H groups in total. The minimum absolute atomic E-state index is 0.661. The van der Waals surface area contributed by atoms with Crippen molar-refractivity contribution >= 4 is 146 Å². The van der Waals surface area contributed by atoms with Crippen LogP contribution in [-0.2, 0) is 0 Å². The van der Waals surface area contributed by atoms with Crippen LogP contribution in [0.15, 0.2) is 393 Å². The lowest BCUT2D eigenvalue weighted by molar-refractivity contribution is 1.18. The molecule has 22 rings (SSSR count). The molecule has 0 spiro atoms. The van der Waals surface area contributed by atoms with Crippen LogP contribution in [0.2, 0.25) is 0 Å². The van der Waals surface area contributed by atoms with Crippen LogP contribution < -0.4 is 0 Å². The number of benzene rings is 20. The van der Waals surface area contributed by atoms with E-state index in [4.69, 9.17) is 0 Å². The first kappa shape index (κ1) is 63.5. The highest BCUT2D eigenvalue weighted by Crippen LogP contribution is 2.51. The van der Waals surface area contributed by atoms with Gasteiger partial charge >= 0.3 is 0 Å². The van der Waals surface area contributed by atoms with Crippen LogP contribution in [0.1, 0.15) is 5.56 Å². The molecule has 0 bridgehead atoms. The Bertz CT molecular complexity index is 7540. The number of halogens is 1. The highest BCUT2D eigenvalue weighted by molar-refractivity contribution is 9.10. The molecule has 22 aromatic rings. The Labute approximate surface area is 638 Å². The molecule has 0 unspecified atom stereocenters. The van der Waals surface area contributed by atoms with Crippen molar-refractivity contribution in [2.45, 2.75) is 0 Å². The molecule has 0 amide bonds. The number of nitrogens with zero attached hydrogens (tertiary/aromatic N) is 3. The number of hydrogen-bond donors (Lipinski definition) is 0. The average molecular weight is 1450 g/mol. The van der Waals surface area contributed by atoms with Crippen LogP contribution in [0, 0.1) is 11.3 Å². The van der Waals surface area contributed by atoms with E-state index in [2.05, 4.69) is 407 Å². The molecule has 0 aliphatic carbocycles. The topological polar surface area (TPSA) is 33.6 Å². The minimum atomic E-state index is 0.661. The molecular formula is C105H64BrN3. The van der Waals surface area contributed by atoms with Gasteiger partial charge in [-0.3, -0.25) is 0 Å². The standard InChI is InChI=1S/C53H32N2.C52H32BrN/c54-33-34-24-29-50-48(30-34)42-27-25-38(32-51(42)55(50)39-16-2-1-3-17-39)37-26-28-47-49(31-37)53(44-23-11-15-36-13-5-7-19-41(36)44)46-21-9-8-20-45(46)52(47)43-22-10-14-35-12-4-6-18-40(35)43;53-37-26-29-49-47(32-37)41-27-24-36(31-50(41)54(49)38-16-2-1-3-17-38)35-25-28-46-48(30-35)52(43-23-11-15-34-13-5-7-19-40(34)43)45-21-9-8-20-44(45)51(46)42-22-10-14-33-12-4-6-18-39(33)42/h1-32H;1-32H. The molecular weight excluding hydrogens is 1380 g/mol. The molecule has 0 radical (unpaired) electrons. The average Bonchev–Trinajstić information content (AvgIpc) is 1.47. The monoisotopic (exact) mass is 1450 g/mol. The van der Waals surface area contributed by atoms with E-state index in [-0.39, 0.29) is 0 Å². The fraction of sp³-hybridized carbons (Fsp3) is 0. The first-order chi connectivity index (χ1) is 54.0. The molecule has 0 atom stereocenters. The Morgan fingerprint density at radius 1 is 0.202 bits per heavy atom. The summed E-state index contributed by atoms with van der Waals surface area (Å²) < 4.78 is 5.80. The third-order valence-electron chi connectivity index (χ3n) is 22.6. The van der Waals surface area contributed by atoms with Gasteiger partial charge in [-0.05, 0) is 238 Å². The molecule has 4 heteroatoms. The van der Waals surface area contributed by atoms with Crippen molar-refractivity contribution in [3.63, 3.8) is 0 Å². The highest BCUT2D eigenvalue weighted by atomic mass is 79.9. The minimum Gasteiger partial charge on any atom is -0.309 e. The van der Waals surface area contributed by atoms with E-state index < -0.39 is 0 Å². The van der Waals surface area contributed by atoms with Crippen molar-refractivity contribution in [3.8, 4) is 84.2 Å². The summed E-state index contributed by atoms with van der Waals surface area (Å²) in [5.41, 5.74) is 22.2. The van der Waals surface area contributed by atoms with Gasteiger partial charge in [-0.2, -0.15) is 5.26 Å². The van der Waals surface area contributed by atoms with E-state index in [0.717, 1.165) is 48.8 Å². The van der Waals surface area contributed by atoms with Crippen molar-refractivity contribution < 1.29 is 0 Å². The Morgan fingerprint density at radius 3 is 0.872 bits per heavy atom. The lowest BCUT2D eigenvalue weighted by atomic mass is 9.83. The van der Waals surface area contributed by atoms with Crippen molar-refractivity contribution in [1.82, 2.24) is 9.13 Å². The molecule has 0 fully saturated rings. The zero-order chi connectivity index (χ0) is 72.2. The van der Waals surface area contributed by atoms with Crippen LogP contribution in [0.25, 0.3) is 208 Å². The molecule has 20 aromatic carbocycles. The first-order valence-electron chi connectivity index (χ1n) is 37.2. The molecule has 109 heavy (non-hydrogen) atoms. The van der Waals surface area contributed by atoms with E-state index in [1.54, 1.807) is 0 Å². The SMILES string of the molecule is Brc1ccc2c(c1)c1ccc(-c3ccc4c(-c5cccc6ccccc56)c5ccccc5c(-c5cccc6ccccc56)c4c3)cc1n2-c1ccccc1.N#Cc1ccc2c(c1)c1ccc(-c3ccc4c(-c5cccc6ccccc56)c5ccccc5c(-c5cccc6ccccc56)c4c3)cc1n2-c1ccccc1. The number of aromatic nitrogens is 2. The summed E-state index contributed by atoms with van der Waals surface area (Å²) in [5.74, 6) is 0. The zero-order valence-electron chi connectivity index (χ0n) is 59.2. The predicted molar refractivity (Wildman–Crippen MR) is 467 cm³/mol. The lowest BCUT2D eigenvalue weighted by Crippen LogP contribution is -1.94. The second-order valence-electron chi connectivity index (χ2n) is 28.5. The maximum Gasteiger partial charge on any atom is 0.0991 e. The fourth-order valence-electron chi connectivity index (χ4n) is 17.8. The van der Waals surface area contributed by atoms with Gasteiger partial charge in [0.15, 0.2) is 0 Å². The summed E-state index contributed by atoms with van der Waals surface area (Å²) in [6.07, 6.45) is 0. The van der Waals surface area contributed by atoms with Gasteiger partial charge in [0.2, 0.25) is 0 Å². The van der Waals surface area contributed by atoms with Crippen molar-refractivity contribution in [3.05, 3.63) is 398 Å². The molecule has 0 saturated heterocycles. The predicted octanol–water partition coefficient (Wildman–Crippen LogP) is 29.4. The number of nitriles is 1. The maximum atomic E-state index is 9.79. The van der Waals surface area contributed by atoms with Crippen molar-refractivity contribution in [2.75, 3.05) is 0 Å². The Hall–Kier alpha value is -14.0. The summed E-state index contributed by atoms with van der Waals surface area (Å²) >= 11 is 3.74. The van der Waals surface area contributed by atoms with E-state index in [1.165, 1.54) is 164 Å². The van der Waals surface area contributed by atoms with Gasteiger partial charge < -0.3 is 9.13 Å². The highest BCUT2D eigenvalue weighted by Gasteiger charge is 2.25. The smallest absolute Gasteiger partial charge is 0.0991 e. The summed E-state index contributed by atoms with van der Waals surface area (Å²) in [4.78, 5) is 0. The molecule has 2 heterocycles. The summed E-state index contributed by atoms with van der Waals surface area (Å²) in [5, 5.41) is 34.4. The molecule has 0 aliphatic rings. The van der Waals surface area contributed by atoms with Crippen LogP contribution in [0.5, 0.6) is 0 Å². The van der Waals surface area contributed by atoms with Crippen LogP contribution >= 0.6 is 15.9 Å². The van der Waals surface area contributed by atoms with Crippen LogP contribution in [0.4, 0.5) is 0 Å². The van der Waals surface area contributed by atoms with Crippen LogP contribution in [-0.4, -0.2) is 9.13 Å². The van der Waals surface area contributed by atoms with Gasteiger partial charge in [0.25, 0.3) is 0 Å². The van der Waals surface area contributed by atoms with E-state index in [1.807, 2.05) is 12.1 Å². The van der Waals surface area contributed by atoms with Crippen molar-refractivity contribution in [1.29, 1.82) is 5.26 Å². The second-order valence-corrected chi connectivity index (χ2v) is 29.4. The molecule has 2 aromatic heterocycles. The zero-order valence-corrected chi connectivity index (χ0v) is 60.8. The summed E-state index contributed by atoms with van der Waals surface area (Å²) in [6, 6.07) is 144. The Morgan fingerprint density at radius 2 is 0.495 bits per heavy atom. The third kappa shape index (κ3) is 10.5. The van der Waals surface area contributed by atoms with E-state index in [0.29, 0.717) is 5.56 Å². The van der Waals surface area contributed by atoms with E-state index in [9.17, 15) is 5.26 Å². The second kappa shape index (κ2) is 26.0. The van der Waals surface area contributed by atoms with Gasteiger partial charge in [0.1, 0.15) is 0 Å². The molecule has 506 valence electrons. The third-order valence-corrected chi connectivity index (χ3v) is 23.1. The molecule has 3 nitrogen and oxygen atoms in total. The fourth-order valence-corrected chi connectivity index (χ4v) is 18.2. The van der Waals surface area contributed by atoms with Crippen LogP contribution in [0.3, 0.4) is 0 Å². The van der Waals surface area contributed by atoms with Gasteiger partial charge in [-0.15, -0.1) is 0 Å². The largest absolute Gasteiger partial charge is 0.309 e. The van der Waals surface area contributed by atoms with Gasteiger partial charge in [-0.25, -0.2) is 0 Å². The number of rotatable bonds is 8. The number of hydrogen-bond acceptors (Lipinski definition) is 1.